The molecule has 2 rings (SSSR count). The average molecular weight is 355 g/mol. The third-order valence-corrected chi connectivity index (χ3v) is 5.35. The molecule has 1 aromatic carbocycles. The lowest BCUT2D eigenvalue weighted by atomic mass is 10.3. The molecule has 8 heteroatoms. The SMILES string of the molecule is CCN1CCN(C(=O)CN(c2ccc(OC)cc2)S(C)(=O)=O)CC1. The second-order valence-corrected chi connectivity index (χ2v) is 7.69. The number of ether oxygens (including phenoxy) is 1. The van der Waals surface area contributed by atoms with E-state index in [0.29, 0.717) is 24.5 Å². The molecule has 134 valence electrons. The highest BCUT2D eigenvalue weighted by Gasteiger charge is 2.26. The first-order valence-corrected chi connectivity index (χ1v) is 9.82. The van der Waals surface area contributed by atoms with Crippen molar-refractivity contribution in [3.05, 3.63) is 24.3 Å². The summed E-state index contributed by atoms with van der Waals surface area (Å²) in [6.45, 7) is 5.78. The molecule has 0 saturated carbocycles. The number of amides is 1. The summed E-state index contributed by atoms with van der Waals surface area (Å²) in [6, 6.07) is 6.64. The van der Waals surface area contributed by atoms with Gasteiger partial charge in [-0.25, -0.2) is 8.42 Å². The molecule has 0 aliphatic carbocycles. The van der Waals surface area contributed by atoms with Gasteiger partial charge < -0.3 is 14.5 Å². The molecule has 1 heterocycles. The molecule has 0 aromatic heterocycles. The summed E-state index contributed by atoms with van der Waals surface area (Å²) >= 11 is 0. The molecule has 1 aliphatic rings. The Labute approximate surface area is 143 Å². The van der Waals surface area contributed by atoms with E-state index >= 15 is 0 Å². The van der Waals surface area contributed by atoms with Gasteiger partial charge in [-0.1, -0.05) is 6.92 Å². The van der Waals surface area contributed by atoms with Gasteiger partial charge in [0.2, 0.25) is 15.9 Å². The molecule has 7 nitrogen and oxygen atoms in total. The maximum absolute atomic E-state index is 12.5. The van der Waals surface area contributed by atoms with Gasteiger partial charge in [0.05, 0.1) is 19.1 Å². The molecular formula is C16H25N3O4S. The van der Waals surface area contributed by atoms with Crippen LogP contribution >= 0.6 is 0 Å². The van der Waals surface area contributed by atoms with Gasteiger partial charge in [0.1, 0.15) is 12.3 Å². The Morgan fingerprint density at radius 2 is 1.75 bits per heavy atom. The van der Waals surface area contributed by atoms with Crippen molar-refractivity contribution in [1.82, 2.24) is 9.80 Å². The van der Waals surface area contributed by atoms with E-state index in [-0.39, 0.29) is 12.5 Å². The molecule has 0 radical (unpaired) electrons. The number of anilines is 1. The molecule has 1 aliphatic heterocycles. The minimum Gasteiger partial charge on any atom is -0.497 e. The summed E-state index contributed by atoms with van der Waals surface area (Å²) in [5.41, 5.74) is 0.457. The number of piperazine rings is 1. The first-order chi connectivity index (χ1) is 11.3. The van der Waals surface area contributed by atoms with E-state index in [1.165, 1.54) is 0 Å². The Hall–Kier alpha value is -1.80. The van der Waals surface area contributed by atoms with Crippen LogP contribution in [0.2, 0.25) is 0 Å². The van der Waals surface area contributed by atoms with Crippen molar-refractivity contribution < 1.29 is 17.9 Å². The smallest absolute Gasteiger partial charge is 0.243 e. The van der Waals surface area contributed by atoms with Gasteiger partial charge in [0.25, 0.3) is 0 Å². The van der Waals surface area contributed by atoms with Gasteiger partial charge >= 0.3 is 0 Å². The van der Waals surface area contributed by atoms with Crippen LogP contribution in [0.25, 0.3) is 0 Å². The molecule has 0 spiro atoms. The van der Waals surface area contributed by atoms with Crippen molar-refractivity contribution in [3.63, 3.8) is 0 Å². The number of nitrogens with zero attached hydrogens (tertiary/aromatic N) is 3. The summed E-state index contributed by atoms with van der Waals surface area (Å²) in [5, 5.41) is 0. The third kappa shape index (κ3) is 4.61. The molecular weight excluding hydrogens is 330 g/mol. The van der Waals surface area contributed by atoms with Crippen LogP contribution in [0.3, 0.4) is 0 Å². The number of carbonyl (C=O) groups excluding carboxylic acids is 1. The van der Waals surface area contributed by atoms with Crippen molar-refractivity contribution in [2.24, 2.45) is 0 Å². The predicted molar refractivity (Wildman–Crippen MR) is 93.9 cm³/mol. The monoisotopic (exact) mass is 355 g/mol. The number of sulfonamides is 1. The molecule has 0 atom stereocenters. The molecule has 1 amide bonds. The summed E-state index contributed by atoms with van der Waals surface area (Å²) < 4.78 is 30.5. The van der Waals surface area contributed by atoms with Gasteiger partial charge in [-0.05, 0) is 30.8 Å². The molecule has 0 unspecified atom stereocenters. The summed E-state index contributed by atoms with van der Waals surface area (Å²) in [6.07, 6.45) is 1.11. The van der Waals surface area contributed by atoms with E-state index < -0.39 is 10.0 Å². The number of hydrogen-bond donors (Lipinski definition) is 0. The van der Waals surface area contributed by atoms with Crippen molar-refractivity contribution in [3.8, 4) is 5.75 Å². The number of rotatable bonds is 6. The van der Waals surface area contributed by atoms with Gasteiger partial charge in [0.15, 0.2) is 0 Å². The highest BCUT2D eigenvalue weighted by molar-refractivity contribution is 7.92. The zero-order valence-corrected chi connectivity index (χ0v) is 15.3. The molecule has 0 bridgehead atoms. The van der Waals surface area contributed by atoms with Gasteiger partial charge in [-0.3, -0.25) is 9.10 Å². The Kier molecular flexibility index (Phi) is 6.06. The molecule has 1 aromatic rings. The summed E-state index contributed by atoms with van der Waals surface area (Å²) in [7, 11) is -2.01. The Morgan fingerprint density at radius 3 is 2.21 bits per heavy atom. The van der Waals surface area contributed by atoms with E-state index in [1.807, 2.05) is 0 Å². The Balaban J connectivity index is 2.10. The van der Waals surface area contributed by atoms with Gasteiger partial charge in [-0.15, -0.1) is 0 Å². The number of carbonyl (C=O) groups is 1. The molecule has 0 N–H and O–H groups in total. The van der Waals surface area contributed by atoms with E-state index in [0.717, 1.165) is 30.2 Å². The number of likely N-dealkylation sites (N-methyl/N-ethyl adjacent to an activating group) is 1. The quantitative estimate of drug-likeness (QED) is 0.748. The second-order valence-electron chi connectivity index (χ2n) is 5.78. The fourth-order valence-corrected chi connectivity index (χ4v) is 3.53. The predicted octanol–water partition coefficient (Wildman–Crippen LogP) is 0.625. The third-order valence-electron chi connectivity index (χ3n) is 4.21. The standard InChI is InChI=1S/C16H25N3O4S/c1-4-17-9-11-18(12-10-17)16(20)13-19(24(3,21)22)14-5-7-15(23-2)8-6-14/h5-8H,4,9-13H2,1-3H3. The average Bonchev–Trinajstić information content (AvgIpc) is 2.58. The fourth-order valence-electron chi connectivity index (χ4n) is 2.68. The lowest BCUT2D eigenvalue weighted by Gasteiger charge is -2.35. The highest BCUT2D eigenvalue weighted by Crippen LogP contribution is 2.21. The van der Waals surface area contributed by atoms with E-state index in [1.54, 1.807) is 36.3 Å². The summed E-state index contributed by atoms with van der Waals surface area (Å²) in [5.74, 6) is 0.459. The molecule has 24 heavy (non-hydrogen) atoms. The largest absolute Gasteiger partial charge is 0.497 e. The minimum atomic E-state index is -3.55. The van der Waals surface area contributed by atoms with Crippen LogP contribution in [0.5, 0.6) is 5.75 Å². The van der Waals surface area contributed by atoms with E-state index in [9.17, 15) is 13.2 Å². The number of hydrogen-bond acceptors (Lipinski definition) is 5. The minimum absolute atomic E-state index is 0.174. The topological polar surface area (TPSA) is 70.2 Å². The molecule has 1 fully saturated rings. The zero-order valence-electron chi connectivity index (χ0n) is 14.4. The zero-order chi connectivity index (χ0) is 17.7. The maximum Gasteiger partial charge on any atom is 0.243 e. The lowest BCUT2D eigenvalue weighted by molar-refractivity contribution is -0.131. The van der Waals surface area contributed by atoms with Crippen molar-refractivity contribution >= 4 is 21.6 Å². The van der Waals surface area contributed by atoms with E-state index in [2.05, 4.69) is 11.8 Å². The van der Waals surface area contributed by atoms with Crippen molar-refractivity contribution in [2.45, 2.75) is 6.92 Å². The number of benzene rings is 1. The van der Waals surface area contributed by atoms with Crippen LogP contribution < -0.4 is 9.04 Å². The van der Waals surface area contributed by atoms with Crippen LogP contribution in [0, 0.1) is 0 Å². The second kappa shape index (κ2) is 7.85. The van der Waals surface area contributed by atoms with Gasteiger partial charge in [-0.2, -0.15) is 0 Å². The number of methoxy groups -OCH3 is 1. The van der Waals surface area contributed by atoms with Crippen LogP contribution in [-0.2, 0) is 14.8 Å². The van der Waals surface area contributed by atoms with Crippen LogP contribution in [0.1, 0.15) is 6.92 Å². The van der Waals surface area contributed by atoms with Crippen molar-refractivity contribution in [1.29, 1.82) is 0 Å². The fraction of sp³-hybridized carbons (Fsp3) is 0.562. The lowest BCUT2D eigenvalue weighted by Crippen LogP contribution is -2.51. The van der Waals surface area contributed by atoms with Crippen LogP contribution in [0.4, 0.5) is 5.69 Å². The maximum atomic E-state index is 12.5. The first-order valence-electron chi connectivity index (χ1n) is 7.97. The Morgan fingerprint density at radius 1 is 1.17 bits per heavy atom. The molecule has 1 saturated heterocycles. The van der Waals surface area contributed by atoms with Crippen molar-refractivity contribution in [2.75, 3.05) is 56.9 Å². The highest BCUT2D eigenvalue weighted by atomic mass is 32.2. The summed E-state index contributed by atoms with van der Waals surface area (Å²) in [4.78, 5) is 16.5. The van der Waals surface area contributed by atoms with E-state index in [4.69, 9.17) is 4.74 Å². The van der Waals surface area contributed by atoms with Gasteiger partial charge in [0, 0.05) is 26.2 Å². The normalized spacial score (nSPS) is 16.0. The first kappa shape index (κ1) is 18.5. The van der Waals surface area contributed by atoms with Crippen LogP contribution in [0.15, 0.2) is 24.3 Å². The van der Waals surface area contributed by atoms with Crippen LogP contribution in [-0.4, -0.2) is 76.8 Å². The Bertz CT molecular complexity index is 652.